The molecule has 0 radical (unpaired) electrons. The first-order valence-electron chi connectivity index (χ1n) is 30.5. The van der Waals surface area contributed by atoms with Crippen LogP contribution in [-0.4, -0.2) is 72.3 Å². The van der Waals surface area contributed by atoms with Crippen molar-refractivity contribution in [2.45, 2.75) is 222 Å². The third-order valence-electron chi connectivity index (χ3n) is 14.0. The molecule has 0 bridgehead atoms. The van der Waals surface area contributed by atoms with Crippen LogP contribution in [0.4, 0.5) is 22.7 Å². The summed E-state index contributed by atoms with van der Waals surface area (Å²) in [6.07, 6.45) is 20.7. The third-order valence-corrected chi connectivity index (χ3v) is 14.0. The van der Waals surface area contributed by atoms with Crippen molar-refractivity contribution in [3.05, 3.63) is 133 Å². The van der Waals surface area contributed by atoms with Crippen LogP contribution in [0.25, 0.3) is 0 Å². The Kier molecular flexibility index (Phi) is 40.2. The van der Waals surface area contributed by atoms with Crippen molar-refractivity contribution in [3.8, 4) is 0 Å². The maximum Gasteiger partial charge on any atom is 0.227 e. The highest BCUT2D eigenvalue weighted by molar-refractivity contribution is 5.95. The van der Waals surface area contributed by atoms with Gasteiger partial charge in [-0.15, -0.1) is 0 Å². The summed E-state index contributed by atoms with van der Waals surface area (Å²) >= 11 is 0. The van der Waals surface area contributed by atoms with E-state index in [0.717, 1.165) is 137 Å². The number of carbonyl (C=O) groups excluding carboxylic acids is 7. The van der Waals surface area contributed by atoms with Crippen molar-refractivity contribution in [1.29, 1.82) is 0 Å². The van der Waals surface area contributed by atoms with Crippen molar-refractivity contribution >= 4 is 63.7 Å². The number of Topliss-reactive ketones (excluding diaryl/α,β-unsaturated/α-hetero) is 3. The molecule has 4 rings (SSSR count). The minimum Gasteiger partial charge on any atom is -0.513 e. The van der Waals surface area contributed by atoms with Gasteiger partial charge in [-0.05, 0) is 161 Å². The fourth-order valence-corrected chi connectivity index (χ4v) is 9.38. The minimum absolute atomic E-state index is 0.132. The Hall–Kier alpha value is -6.69. The standard InChI is InChI=1S/C19H29NO2.2C18H27NO2.C15H21NO2/c1-4-20(18-14-11-10-12-16(18)2)19(22)15-9-7-5-6-8-13-17(3)21;1-15(2)19(17-12-8-6-9-13-17)18(21)14-10-5-4-7-11-16(3)20;1-15-11-9-10-13-17(15)19(3)18(21)14-8-6-4-5-7-12-16(2)20;1-3-16(14-10-5-4-6-11-14)15(18)12-8-7-9-13(2)17/h10-12,14H,4-9,13,15H2,1-3H3;6,8-9,12-13,15H,4-5,7,10-11,14H2,1-3H3;9-11,13,20H,2,4-8,12,14H2,1,3H3;4-6,10-11H,3,7-9,12H2,1-2H3. The number of para-hydroxylation sites is 4. The summed E-state index contributed by atoms with van der Waals surface area (Å²) in [5.41, 5.74) is 6.19. The summed E-state index contributed by atoms with van der Waals surface area (Å²) in [6, 6.07) is 35.7. The monoisotopic (exact) mass is 1130 g/mol. The van der Waals surface area contributed by atoms with Crippen LogP contribution in [0.15, 0.2) is 122 Å². The third kappa shape index (κ3) is 33.3. The molecular weight excluding hydrogens is 1020 g/mol. The number of carbonyl (C=O) groups is 7. The molecule has 1 N–H and O–H groups in total. The van der Waals surface area contributed by atoms with Gasteiger partial charge in [-0.2, -0.15) is 0 Å². The van der Waals surface area contributed by atoms with Crippen LogP contribution >= 0.6 is 0 Å². The van der Waals surface area contributed by atoms with Crippen LogP contribution in [0.1, 0.15) is 214 Å². The molecule has 0 unspecified atom stereocenters. The Morgan fingerprint density at radius 3 is 1.12 bits per heavy atom. The fourth-order valence-electron chi connectivity index (χ4n) is 9.38. The van der Waals surface area contributed by atoms with Gasteiger partial charge in [-0.1, -0.05) is 131 Å². The van der Waals surface area contributed by atoms with Gasteiger partial charge >= 0.3 is 0 Å². The van der Waals surface area contributed by atoms with Crippen LogP contribution in [0.3, 0.4) is 0 Å². The Balaban J connectivity index is 0.000000548. The lowest BCUT2D eigenvalue weighted by molar-refractivity contribution is -0.119. The van der Waals surface area contributed by atoms with Gasteiger partial charge in [-0.25, -0.2) is 0 Å². The molecule has 0 aromatic heterocycles. The zero-order chi connectivity index (χ0) is 61.1. The second kappa shape index (κ2) is 44.9. The van der Waals surface area contributed by atoms with E-state index in [-0.39, 0.29) is 52.8 Å². The molecule has 0 spiro atoms. The van der Waals surface area contributed by atoms with Crippen LogP contribution in [0, 0.1) is 13.8 Å². The molecular formula is C70H104N4O8. The van der Waals surface area contributed by atoms with E-state index in [1.165, 1.54) is 0 Å². The van der Waals surface area contributed by atoms with Crippen LogP contribution in [0.5, 0.6) is 0 Å². The lowest BCUT2D eigenvalue weighted by atomic mass is 10.1. The van der Waals surface area contributed by atoms with Crippen molar-refractivity contribution in [2.75, 3.05) is 39.7 Å². The van der Waals surface area contributed by atoms with E-state index < -0.39 is 0 Å². The highest BCUT2D eigenvalue weighted by atomic mass is 16.3. The molecule has 12 heteroatoms. The normalized spacial score (nSPS) is 10.4. The minimum atomic E-state index is 0.132. The van der Waals surface area contributed by atoms with Gasteiger partial charge in [0.05, 0.1) is 5.76 Å². The molecule has 4 amide bonds. The number of rotatable bonds is 35. The van der Waals surface area contributed by atoms with E-state index in [1.807, 2.05) is 168 Å². The van der Waals surface area contributed by atoms with Gasteiger partial charge in [0.15, 0.2) is 0 Å². The first-order chi connectivity index (χ1) is 39.2. The molecule has 0 aliphatic heterocycles. The number of aryl methyl sites for hydroxylation is 2. The second-order valence-corrected chi connectivity index (χ2v) is 21.7. The molecule has 0 aliphatic rings. The fraction of sp³-hybridized carbons (Fsp3) is 0.529. The average molecular weight is 1130 g/mol. The van der Waals surface area contributed by atoms with Crippen molar-refractivity contribution < 1.29 is 38.7 Å². The number of unbranched alkanes of at least 4 members (excludes halogenated alkanes) is 12. The molecule has 0 fully saturated rings. The van der Waals surface area contributed by atoms with E-state index >= 15 is 0 Å². The van der Waals surface area contributed by atoms with Crippen molar-refractivity contribution in [2.24, 2.45) is 0 Å². The van der Waals surface area contributed by atoms with Crippen LogP contribution in [-0.2, 0) is 33.6 Å². The van der Waals surface area contributed by atoms with Gasteiger partial charge in [-0.3, -0.25) is 19.2 Å². The number of allylic oxidation sites excluding steroid dienone is 1. The predicted octanol–water partition coefficient (Wildman–Crippen LogP) is 17.0. The number of aliphatic hydroxyl groups excluding tert-OH is 1. The first-order valence-corrected chi connectivity index (χ1v) is 30.5. The van der Waals surface area contributed by atoms with E-state index in [1.54, 1.807) is 30.6 Å². The summed E-state index contributed by atoms with van der Waals surface area (Å²) in [5, 5.41) is 8.97. The SMILES string of the molecule is C=C(O)CCCCCCCC(=O)N(C)c1ccccc1C.CC(=O)CCCCCCC(=O)N(c1ccccc1)C(C)C.CCN(C(=O)CCCCC(C)=O)c1ccccc1.CCN(C(=O)CCCCCCCC(C)=O)c1ccccc1C. The lowest BCUT2D eigenvalue weighted by Gasteiger charge is -2.27. The summed E-state index contributed by atoms with van der Waals surface area (Å²) in [7, 11) is 1.84. The Morgan fingerprint density at radius 1 is 0.402 bits per heavy atom. The number of anilines is 4. The topological polar surface area (TPSA) is 153 Å². The average Bonchev–Trinajstić information content (AvgIpc) is 3.45. The highest BCUT2D eigenvalue weighted by Gasteiger charge is 2.19. The second-order valence-electron chi connectivity index (χ2n) is 21.7. The van der Waals surface area contributed by atoms with E-state index in [4.69, 9.17) is 5.11 Å². The summed E-state index contributed by atoms with van der Waals surface area (Å²) in [6.45, 7) is 21.9. The molecule has 0 atom stereocenters. The van der Waals surface area contributed by atoms with Crippen molar-refractivity contribution in [3.63, 3.8) is 0 Å². The molecule has 0 aliphatic carbocycles. The quantitative estimate of drug-likeness (QED) is 0.0353. The number of hydrogen-bond acceptors (Lipinski definition) is 8. The highest BCUT2D eigenvalue weighted by Crippen LogP contribution is 2.23. The number of hydrogen-bond donors (Lipinski definition) is 1. The zero-order valence-corrected chi connectivity index (χ0v) is 52.2. The molecule has 0 saturated heterocycles. The maximum absolute atomic E-state index is 12.4. The smallest absolute Gasteiger partial charge is 0.227 e. The number of benzene rings is 4. The Bertz CT molecular complexity index is 2460. The Labute approximate surface area is 495 Å². The van der Waals surface area contributed by atoms with Gasteiger partial charge in [0.25, 0.3) is 0 Å². The predicted molar refractivity (Wildman–Crippen MR) is 342 cm³/mol. The molecule has 0 saturated carbocycles. The summed E-state index contributed by atoms with van der Waals surface area (Å²) in [4.78, 5) is 88.8. The van der Waals surface area contributed by atoms with E-state index in [0.29, 0.717) is 64.5 Å². The van der Waals surface area contributed by atoms with Crippen LogP contribution < -0.4 is 19.6 Å². The largest absolute Gasteiger partial charge is 0.513 e. The summed E-state index contributed by atoms with van der Waals surface area (Å²) < 4.78 is 0. The van der Waals surface area contributed by atoms with Crippen LogP contribution in [0.2, 0.25) is 0 Å². The van der Waals surface area contributed by atoms with Gasteiger partial charge in [0.1, 0.15) is 17.3 Å². The number of amides is 4. The summed E-state index contributed by atoms with van der Waals surface area (Å²) in [5.74, 6) is 1.68. The molecule has 12 nitrogen and oxygen atoms in total. The van der Waals surface area contributed by atoms with E-state index in [2.05, 4.69) is 6.58 Å². The number of ketones is 3. The molecule has 0 heterocycles. The van der Waals surface area contributed by atoms with E-state index in [9.17, 15) is 33.6 Å². The maximum atomic E-state index is 12.4. The first kappa shape index (κ1) is 73.3. The van der Waals surface area contributed by atoms with Gasteiger partial charge < -0.3 is 39.1 Å². The molecule has 452 valence electrons. The van der Waals surface area contributed by atoms with Gasteiger partial charge in [0.2, 0.25) is 23.6 Å². The number of aliphatic hydroxyl groups is 1. The lowest BCUT2D eigenvalue weighted by Crippen LogP contribution is -2.36. The molecule has 82 heavy (non-hydrogen) atoms. The van der Waals surface area contributed by atoms with Gasteiger partial charge in [0, 0.05) is 100 Å². The Morgan fingerprint density at radius 2 is 0.720 bits per heavy atom. The van der Waals surface area contributed by atoms with Crippen molar-refractivity contribution in [1.82, 2.24) is 0 Å². The molecule has 4 aromatic carbocycles. The number of nitrogens with zero attached hydrogens (tertiary/aromatic N) is 4. The zero-order valence-electron chi connectivity index (χ0n) is 52.2. The molecule has 4 aromatic rings.